The largest absolute Gasteiger partial charge is 0.416 e. The summed E-state index contributed by atoms with van der Waals surface area (Å²) in [5.41, 5.74) is -0.756. The van der Waals surface area contributed by atoms with Crippen LogP contribution in [-0.2, 0) is 16.2 Å². The minimum atomic E-state index is -4.40. The first-order chi connectivity index (χ1) is 9.66. The van der Waals surface area contributed by atoms with E-state index in [1.807, 2.05) is 0 Å². The molecule has 1 aromatic heterocycles. The van der Waals surface area contributed by atoms with Gasteiger partial charge in [-0.1, -0.05) is 0 Å². The van der Waals surface area contributed by atoms with Crippen LogP contribution < -0.4 is 5.32 Å². The van der Waals surface area contributed by atoms with Gasteiger partial charge in [-0.2, -0.15) is 13.2 Å². The number of hydrogen-bond donors (Lipinski definition) is 1. The van der Waals surface area contributed by atoms with Gasteiger partial charge in [-0.15, -0.1) is 0 Å². The van der Waals surface area contributed by atoms with Crippen LogP contribution in [0.25, 0.3) is 0 Å². The van der Waals surface area contributed by atoms with Crippen molar-refractivity contribution in [2.24, 2.45) is 0 Å². The van der Waals surface area contributed by atoms with Crippen molar-refractivity contribution in [3.05, 3.63) is 23.9 Å². The number of nitrogens with zero attached hydrogens (tertiary/aromatic N) is 2. The molecule has 0 spiro atoms. The molecule has 1 saturated heterocycles. The average Bonchev–Trinajstić information content (AvgIpc) is 2.37. The minimum Gasteiger partial charge on any atom is -0.367 e. The van der Waals surface area contributed by atoms with Gasteiger partial charge in [0.1, 0.15) is 5.82 Å². The van der Waals surface area contributed by atoms with Gasteiger partial charge in [0, 0.05) is 25.3 Å². The van der Waals surface area contributed by atoms with Crippen LogP contribution in [0.3, 0.4) is 0 Å². The molecular formula is C12H16F3N3O2S. The summed E-state index contributed by atoms with van der Waals surface area (Å²) in [6, 6.07) is 1.79. The number of alkyl halides is 3. The van der Waals surface area contributed by atoms with E-state index in [-0.39, 0.29) is 11.9 Å². The molecule has 0 aliphatic carbocycles. The lowest BCUT2D eigenvalue weighted by Crippen LogP contribution is -2.41. The third-order valence-electron chi connectivity index (χ3n) is 3.36. The van der Waals surface area contributed by atoms with Crippen molar-refractivity contribution in [3.8, 4) is 0 Å². The minimum absolute atomic E-state index is 0.0843. The van der Waals surface area contributed by atoms with E-state index in [1.54, 1.807) is 0 Å². The van der Waals surface area contributed by atoms with Gasteiger partial charge >= 0.3 is 6.18 Å². The molecule has 5 nitrogen and oxygen atoms in total. The quantitative estimate of drug-likeness (QED) is 0.923. The Bertz CT molecular complexity index is 596. The first kappa shape index (κ1) is 16.0. The molecule has 0 saturated carbocycles. The molecule has 1 aromatic rings. The second-order valence-corrected chi connectivity index (χ2v) is 6.99. The molecule has 21 heavy (non-hydrogen) atoms. The molecule has 0 atom stereocenters. The van der Waals surface area contributed by atoms with E-state index in [0.29, 0.717) is 25.9 Å². The summed E-state index contributed by atoms with van der Waals surface area (Å²) in [5, 5.41) is 2.93. The van der Waals surface area contributed by atoms with E-state index in [9.17, 15) is 21.6 Å². The fraction of sp³-hybridized carbons (Fsp3) is 0.583. The summed E-state index contributed by atoms with van der Waals surface area (Å²) in [6.45, 7) is 0.713. The van der Waals surface area contributed by atoms with E-state index >= 15 is 0 Å². The van der Waals surface area contributed by atoms with Gasteiger partial charge in [0.2, 0.25) is 10.0 Å². The lowest BCUT2D eigenvalue weighted by Gasteiger charge is -2.31. The molecular weight excluding hydrogens is 307 g/mol. The fourth-order valence-electron chi connectivity index (χ4n) is 2.23. The number of sulfonamides is 1. The van der Waals surface area contributed by atoms with Gasteiger partial charge in [0.15, 0.2) is 0 Å². The summed E-state index contributed by atoms with van der Waals surface area (Å²) in [5.74, 6) is 0.155. The summed E-state index contributed by atoms with van der Waals surface area (Å²) in [6.07, 6.45) is -1.08. The van der Waals surface area contributed by atoms with Crippen LogP contribution >= 0.6 is 0 Å². The molecule has 9 heteroatoms. The lowest BCUT2D eigenvalue weighted by molar-refractivity contribution is -0.137. The van der Waals surface area contributed by atoms with Gasteiger partial charge in [0.05, 0.1) is 11.8 Å². The Hall–Kier alpha value is -1.35. The zero-order valence-corrected chi connectivity index (χ0v) is 12.2. The lowest BCUT2D eigenvalue weighted by atomic mass is 10.1. The number of pyridine rings is 1. The summed E-state index contributed by atoms with van der Waals surface area (Å²) >= 11 is 0. The molecule has 1 fully saturated rings. The third kappa shape index (κ3) is 4.31. The van der Waals surface area contributed by atoms with Crippen LogP contribution in [0.5, 0.6) is 0 Å². The molecule has 2 rings (SSSR count). The fourth-order valence-corrected chi connectivity index (χ4v) is 3.10. The van der Waals surface area contributed by atoms with Crippen molar-refractivity contribution in [2.45, 2.75) is 25.1 Å². The molecule has 2 heterocycles. The molecule has 1 N–H and O–H groups in total. The van der Waals surface area contributed by atoms with Crippen molar-refractivity contribution in [2.75, 3.05) is 24.7 Å². The van der Waals surface area contributed by atoms with E-state index in [2.05, 4.69) is 10.3 Å². The maximum Gasteiger partial charge on any atom is 0.416 e. The molecule has 0 aromatic carbocycles. The monoisotopic (exact) mass is 323 g/mol. The summed E-state index contributed by atoms with van der Waals surface area (Å²) in [7, 11) is -3.21. The number of aromatic nitrogens is 1. The molecule has 0 unspecified atom stereocenters. The normalized spacial score (nSPS) is 18.7. The molecule has 0 amide bonds. The van der Waals surface area contributed by atoms with Crippen molar-refractivity contribution in [1.29, 1.82) is 0 Å². The highest BCUT2D eigenvalue weighted by atomic mass is 32.2. The van der Waals surface area contributed by atoms with Crippen LogP contribution in [0.4, 0.5) is 19.0 Å². The topological polar surface area (TPSA) is 62.3 Å². The van der Waals surface area contributed by atoms with Gasteiger partial charge in [-0.3, -0.25) is 0 Å². The number of hydrogen-bond acceptors (Lipinski definition) is 4. The second kappa shape index (κ2) is 5.80. The van der Waals surface area contributed by atoms with Gasteiger partial charge < -0.3 is 5.32 Å². The maximum absolute atomic E-state index is 12.6. The van der Waals surface area contributed by atoms with Crippen LogP contribution in [0.1, 0.15) is 18.4 Å². The van der Waals surface area contributed by atoms with E-state index in [1.165, 1.54) is 4.31 Å². The second-order valence-electron chi connectivity index (χ2n) is 5.01. The van der Waals surface area contributed by atoms with Crippen molar-refractivity contribution < 1.29 is 21.6 Å². The summed E-state index contributed by atoms with van der Waals surface area (Å²) in [4.78, 5) is 3.87. The van der Waals surface area contributed by atoms with Gasteiger partial charge in [-0.25, -0.2) is 17.7 Å². The molecule has 0 bridgehead atoms. The number of halogens is 3. The molecule has 0 radical (unpaired) electrons. The zero-order chi connectivity index (χ0) is 15.7. The van der Waals surface area contributed by atoms with Gasteiger partial charge in [0.25, 0.3) is 0 Å². The van der Waals surface area contributed by atoms with Crippen LogP contribution in [-0.4, -0.2) is 43.1 Å². The highest BCUT2D eigenvalue weighted by Gasteiger charge is 2.31. The predicted octanol–water partition coefficient (Wildman–Crippen LogP) is 1.94. The van der Waals surface area contributed by atoms with Gasteiger partial charge in [-0.05, 0) is 25.0 Å². The van der Waals surface area contributed by atoms with E-state index in [4.69, 9.17) is 0 Å². The Labute approximate surface area is 121 Å². The van der Waals surface area contributed by atoms with Crippen molar-refractivity contribution in [3.63, 3.8) is 0 Å². The number of nitrogens with one attached hydrogen (secondary N) is 1. The van der Waals surface area contributed by atoms with Crippen molar-refractivity contribution >= 4 is 15.8 Å². The third-order valence-corrected chi connectivity index (χ3v) is 4.67. The van der Waals surface area contributed by atoms with Crippen LogP contribution in [0.15, 0.2) is 18.3 Å². The Morgan fingerprint density at radius 2 is 1.95 bits per heavy atom. The highest BCUT2D eigenvalue weighted by Crippen LogP contribution is 2.30. The SMILES string of the molecule is CS(=O)(=O)N1CCC(Nc2cc(C(F)(F)F)ccn2)CC1. The van der Waals surface area contributed by atoms with E-state index in [0.717, 1.165) is 24.6 Å². The zero-order valence-electron chi connectivity index (χ0n) is 11.4. The Balaban J connectivity index is 1.98. The number of piperidine rings is 1. The molecule has 1 aliphatic rings. The standard InChI is InChI=1S/C12H16F3N3O2S/c1-21(19,20)18-6-3-10(4-7-18)17-11-8-9(2-5-16-11)12(13,14)15/h2,5,8,10H,3-4,6-7H2,1H3,(H,16,17). The van der Waals surface area contributed by atoms with E-state index < -0.39 is 21.8 Å². The Morgan fingerprint density at radius 3 is 2.48 bits per heavy atom. The first-order valence-electron chi connectivity index (χ1n) is 6.41. The number of anilines is 1. The van der Waals surface area contributed by atoms with Crippen LogP contribution in [0, 0.1) is 0 Å². The maximum atomic E-state index is 12.6. The summed E-state index contributed by atoms with van der Waals surface area (Å²) < 4.78 is 61.9. The molecule has 1 aliphatic heterocycles. The smallest absolute Gasteiger partial charge is 0.367 e. The highest BCUT2D eigenvalue weighted by molar-refractivity contribution is 7.88. The molecule has 118 valence electrons. The Kier molecular flexibility index (Phi) is 4.43. The first-order valence-corrected chi connectivity index (χ1v) is 8.26. The number of rotatable bonds is 3. The van der Waals surface area contributed by atoms with Crippen molar-refractivity contribution in [1.82, 2.24) is 9.29 Å². The predicted molar refractivity (Wildman–Crippen MR) is 72.3 cm³/mol. The Morgan fingerprint density at radius 1 is 1.33 bits per heavy atom. The van der Waals surface area contributed by atoms with Crippen LogP contribution in [0.2, 0.25) is 0 Å². The average molecular weight is 323 g/mol.